The minimum atomic E-state index is -0.956. The van der Waals surface area contributed by atoms with E-state index in [1.807, 2.05) is 42.2 Å². The fourth-order valence-electron chi connectivity index (χ4n) is 4.70. The average Bonchev–Trinajstić information content (AvgIpc) is 2.83. The highest BCUT2D eigenvalue weighted by Crippen LogP contribution is 2.36. The van der Waals surface area contributed by atoms with Crippen LogP contribution < -0.4 is 0 Å². The first kappa shape index (κ1) is 23.8. The van der Waals surface area contributed by atoms with Gasteiger partial charge in [-0.25, -0.2) is 9.38 Å². The molecule has 1 amide bonds. The van der Waals surface area contributed by atoms with Gasteiger partial charge >= 0.3 is 0 Å². The molecule has 2 aromatic carbocycles. The Morgan fingerprint density at radius 3 is 2.41 bits per heavy atom. The van der Waals surface area contributed by atoms with Crippen molar-refractivity contribution < 1.29 is 14.3 Å². The first-order valence-corrected chi connectivity index (χ1v) is 11.8. The Morgan fingerprint density at radius 2 is 1.82 bits per heavy atom. The van der Waals surface area contributed by atoms with Gasteiger partial charge < -0.3 is 10.0 Å². The summed E-state index contributed by atoms with van der Waals surface area (Å²) in [5.74, 6) is -0.852. The minimum Gasteiger partial charge on any atom is -0.386 e. The van der Waals surface area contributed by atoms with Crippen LogP contribution in [0.1, 0.15) is 74.6 Å². The van der Waals surface area contributed by atoms with Crippen molar-refractivity contribution in [1.29, 1.82) is 5.26 Å². The van der Waals surface area contributed by atoms with Gasteiger partial charge in [0.05, 0.1) is 16.9 Å². The third-order valence-electron chi connectivity index (χ3n) is 6.73. The van der Waals surface area contributed by atoms with Crippen LogP contribution in [0.15, 0.2) is 58.7 Å². The normalized spacial score (nSPS) is 19.0. The average molecular weight is 460 g/mol. The van der Waals surface area contributed by atoms with Gasteiger partial charge in [-0.1, -0.05) is 30.3 Å². The lowest BCUT2D eigenvalue weighted by atomic mass is 9.81. The summed E-state index contributed by atoms with van der Waals surface area (Å²) in [6, 6.07) is 14.0. The summed E-state index contributed by atoms with van der Waals surface area (Å²) >= 11 is 0. The zero-order valence-electron chi connectivity index (χ0n) is 19.9. The maximum absolute atomic E-state index is 14.5. The van der Waals surface area contributed by atoms with Gasteiger partial charge in [0.1, 0.15) is 17.6 Å². The van der Waals surface area contributed by atoms with Crippen LogP contribution in [0.25, 0.3) is 0 Å². The van der Waals surface area contributed by atoms with Crippen molar-refractivity contribution in [2.45, 2.75) is 58.0 Å². The predicted octanol–water partition coefficient (Wildman–Crippen LogP) is 5.19. The van der Waals surface area contributed by atoms with Crippen LogP contribution in [0, 0.1) is 17.1 Å². The van der Waals surface area contributed by atoms with Crippen LogP contribution in [0.4, 0.5) is 4.39 Å². The Labute approximate surface area is 200 Å². The zero-order chi connectivity index (χ0) is 24.5. The van der Waals surface area contributed by atoms with Crippen LogP contribution in [-0.2, 0) is 10.4 Å². The number of aliphatic hydroxyl groups is 1. The molecular formula is C28H30FN3O2. The first-order chi connectivity index (χ1) is 16.2. The van der Waals surface area contributed by atoms with Gasteiger partial charge in [-0.05, 0) is 80.9 Å². The Morgan fingerprint density at radius 1 is 1.15 bits per heavy atom. The molecule has 176 valence electrons. The Hall–Kier alpha value is -3.30. The summed E-state index contributed by atoms with van der Waals surface area (Å²) in [6.07, 6.45) is 3.69. The first-order valence-electron chi connectivity index (χ1n) is 11.8. The lowest BCUT2D eigenvalue weighted by molar-refractivity contribution is -0.128. The van der Waals surface area contributed by atoms with E-state index in [1.54, 1.807) is 19.9 Å². The molecule has 0 spiro atoms. The van der Waals surface area contributed by atoms with Crippen molar-refractivity contribution >= 4 is 11.6 Å². The van der Waals surface area contributed by atoms with E-state index < -0.39 is 11.4 Å². The molecule has 1 fully saturated rings. The minimum absolute atomic E-state index is 0.0254. The smallest absolute Gasteiger partial charge is 0.272 e. The molecule has 0 bridgehead atoms. The molecule has 5 nitrogen and oxygen atoms in total. The number of rotatable bonds is 4. The molecule has 0 saturated carbocycles. The summed E-state index contributed by atoms with van der Waals surface area (Å²) in [5, 5.41) is 19.5. The van der Waals surface area contributed by atoms with Crippen molar-refractivity contribution in [3.05, 3.63) is 81.8 Å². The van der Waals surface area contributed by atoms with Gasteiger partial charge in [0.25, 0.3) is 5.91 Å². The van der Waals surface area contributed by atoms with Gasteiger partial charge in [0.15, 0.2) is 0 Å². The van der Waals surface area contributed by atoms with Gasteiger partial charge in [0.2, 0.25) is 0 Å². The number of halogens is 1. The number of likely N-dealkylation sites (tertiary alicyclic amines) is 1. The molecule has 2 aliphatic rings. The lowest BCUT2D eigenvalue weighted by Crippen LogP contribution is -2.37. The van der Waals surface area contributed by atoms with Crippen LogP contribution in [0.3, 0.4) is 0 Å². The van der Waals surface area contributed by atoms with E-state index in [4.69, 9.17) is 10.3 Å². The largest absolute Gasteiger partial charge is 0.386 e. The van der Waals surface area contributed by atoms with Crippen LogP contribution in [-0.4, -0.2) is 34.7 Å². The van der Waals surface area contributed by atoms with E-state index in [9.17, 15) is 14.3 Å². The maximum Gasteiger partial charge on any atom is 0.272 e. The molecule has 0 radical (unpaired) electrons. The lowest BCUT2D eigenvalue weighted by Gasteiger charge is -2.31. The highest BCUT2D eigenvalue weighted by atomic mass is 19.1. The number of nitrogens with zero attached hydrogens (tertiary/aromatic N) is 3. The number of carbonyl (C=O) groups excluding carboxylic acids is 1. The van der Waals surface area contributed by atoms with Crippen molar-refractivity contribution in [1.82, 2.24) is 4.90 Å². The van der Waals surface area contributed by atoms with E-state index in [1.165, 1.54) is 12.1 Å². The number of aliphatic imine (C=N–C) groups is 1. The van der Waals surface area contributed by atoms with Gasteiger partial charge in [0, 0.05) is 19.0 Å². The predicted molar refractivity (Wildman–Crippen MR) is 130 cm³/mol. The molecule has 2 aliphatic heterocycles. The third-order valence-corrected chi connectivity index (χ3v) is 6.73. The number of hydrogen-bond donors (Lipinski definition) is 1. The van der Waals surface area contributed by atoms with Crippen molar-refractivity contribution in [3.8, 4) is 6.07 Å². The van der Waals surface area contributed by atoms with E-state index in [-0.39, 0.29) is 17.4 Å². The summed E-state index contributed by atoms with van der Waals surface area (Å²) in [7, 11) is 0. The molecule has 34 heavy (non-hydrogen) atoms. The highest BCUT2D eigenvalue weighted by Gasteiger charge is 2.31. The van der Waals surface area contributed by atoms with E-state index in [0.717, 1.165) is 49.1 Å². The van der Waals surface area contributed by atoms with E-state index in [2.05, 4.69) is 0 Å². The molecule has 1 saturated heterocycles. The zero-order valence-corrected chi connectivity index (χ0v) is 19.9. The molecule has 6 heteroatoms. The molecule has 1 unspecified atom stereocenters. The second-order valence-electron chi connectivity index (χ2n) is 9.72. The molecule has 0 aliphatic carbocycles. The van der Waals surface area contributed by atoms with Crippen LogP contribution in [0.2, 0.25) is 0 Å². The molecular weight excluding hydrogens is 429 g/mol. The molecule has 2 aromatic rings. The van der Waals surface area contributed by atoms with E-state index >= 15 is 0 Å². The Bertz CT molecular complexity index is 1190. The fourth-order valence-corrected chi connectivity index (χ4v) is 4.70. The fraction of sp³-hybridized carbons (Fsp3) is 0.393. The number of piperidine rings is 1. The number of allylic oxidation sites excluding steroid dienone is 1. The van der Waals surface area contributed by atoms with Crippen LogP contribution in [0.5, 0.6) is 0 Å². The second-order valence-corrected chi connectivity index (χ2v) is 9.72. The highest BCUT2D eigenvalue weighted by molar-refractivity contribution is 6.10. The van der Waals surface area contributed by atoms with Crippen molar-refractivity contribution in [2.75, 3.05) is 13.1 Å². The number of amides is 1. The molecule has 1 N–H and O–H groups in total. The number of nitriles is 1. The monoisotopic (exact) mass is 459 g/mol. The quantitative estimate of drug-likeness (QED) is 0.684. The van der Waals surface area contributed by atoms with E-state index in [0.29, 0.717) is 23.4 Å². The summed E-state index contributed by atoms with van der Waals surface area (Å²) in [5.41, 5.74) is 3.30. The van der Waals surface area contributed by atoms with Gasteiger partial charge in [-0.2, -0.15) is 5.26 Å². The van der Waals surface area contributed by atoms with Gasteiger partial charge in [-0.15, -0.1) is 0 Å². The number of hydrogen-bond acceptors (Lipinski definition) is 4. The summed E-state index contributed by atoms with van der Waals surface area (Å²) in [4.78, 5) is 20.0. The van der Waals surface area contributed by atoms with Gasteiger partial charge in [-0.3, -0.25) is 4.79 Å². The second kappa shape index (κ2) is 9.52. The maximum atomic E-state index is 14.5. The summed E-state index contributed by atoms with van der Waals surface area (Å²) in [6.45, 7) is 6.87. The molecule has 1 atom stereocenters. The standard InChI is InChI=1S/C28H30FN3O2/c1-18-15-23(19-9-11-22(12-10-19)28(2,3)34)26(20-7-8-21(17-30)24(29)16-20)31-25(18)27(33)32-13-5-4-6-14-32/h7-12,16,23,34H,4-6,13-15H2,1-3H3. The number of carbonyl (C=O) groups is 1. The SMILES string of the molecule is CC1=C(C(=O)N2CCCCC2)N=C(c2ccc(C#N)c(F)c2)C(c2ccc(C(C)(C)O)cc2)C1. The van der Waals surface area contributed by atoms with Crippen molar-refractivity contribution in [2.24, 2.45) is 4.99 Å². The molecule has 4 rings (SSSR count). The topological polar surface area (TPSA) is 76.7 Å². The third kappa shape index (κ3) is 4.80. The van der Waals surface area contributed by atoms with Crippen LogP contribution >= 0.6 is 0 Å². The number of benzene rings is 2. The van der Waals surface area contributed by atoms with Crippen molar-refractivity contribution in [3.63, 3.8) is 0 Å². The summed E-state index contributed by atoms with van der Waals surface area (Å²) < 4.78 is 14.5. The molecule has 0 aromatic heterocycles. The Balaban J connectivity index is 1.77. The molecule has 2 heterocycles. The Kier molecular flexibility index (Phi) is 6.67.